The average molecular weight is 426 g/mol. The Balaban J connectivity index is 1.96. The minimum absolute atomic E-state index is 0.186. The van der Waals surface area contributed by atoms with Gasteiger partial charge in [-0.25, -0.2) is 26.5 Å². The molecule has 3 rings (SSSR count). The van der Waals surface area contributed by atoms with Gasteiger partial charge in [0.1, 0.15) is 5.82 Å². The topological polar surface area (TPSA) is 55.2 Å². The Morgan fingerprint density at radius 3 is 2.50 bits per heavy atom. The highest BCUT2D eigenvalue weighted by Gasteiger charge is 2.19. The highest BCUT2D eigenvalue weighted by atomic mass is 32.2. The lowest BCUT2D eigenvalue weighted by atomic mass is 10.3. The van der Waals surface area contributed by atoms with Crippen molar-refractivity contribution in [2.75, 3.05) is 14.1 Å². The Bertz CT molecular complexity index is 1110. The summed E-state index contributed by atoms with van der Waals surface area (Å²) in [6, 6.07) is 8.71. The molecule has 1 heterocycles. The van der Waals surface area contributed by atoms with Crippen molar-refractivity contribution in [2.45, 2.75) is 35.4 Å². The molecular weight excluding hydrogens is 404 g/mol. The Morgan fingerprint density at radius 1 is 1.11 bits per heavy atom. The van der Waals surface area contributed by atoms with Crippen LogP contribution in [0.4, 0.5) is 8.78 Å². The quantitative estimate of drug-likeness (QED) is 0.531. The SMILES string of the molecule is CCCn1c(CSc2ccc(F)c(F)c2)nc2cc(S(=O)(=O)N(C)C)ccc21. The second-order valence-electron chi connectivity index (χ2n) is 6.48. The molecule has 3 aromatic rings. The molecule has 0 aliphatic carbocycles. The van der Waals surface area contributed by atoms with Crippen molar-refractivity contribution < 1.29 is 17.2 Å². The third kappa shape index (κ3) is 4.06. The van der Waals surface area contributed by atoms with E-state index in [1.807, 2.05) is 11.5 Å². The molecule has 0 unspecified atom stereocenters. The summed E-state index contributed by atoms with van der Waals surface area (Å²) in [5.74, 6) is -0.552. The molecule has 0 saturated heterocycles. The molecule has 2 aromatic carbocycles. The van der Waals surface area contributed by atoms with Gasteiger partial charge in [-0.2, -0.15) is 0 Å². The van der Waals surface area contributed by atoms with E-state index in [0.717, 1.165) is 40.7 Å². The number of fused-ring (bicyclic) bond motifs is 1. The molecule has 0 N–H and O–H groups in total. The largest absolute Gasteiger partial charge is 0.327 e. The van der Waals surface area contributed by atoms with Crippen LogP contribution in [0.25, 0.3) is 11.0 Å². The summed E-state index contributed by atoms with van der Waals surface area (Å²) in [6.45, 7) is 2.77. The zero-order chi connectivity index (χ0) is 20.5. The monoisotopic (exact) mass is 425 g/mol. The number of nitrogens with zero attached hydrogens (tertiary/aromatic N) is 3. The molecule has 0 aliphatic heterocycles. The molecule has 5 nitrogen and oxygen atoms in total. The fourth-order valence-electron chi connectivity index (χ4n) is 2.83. The maximum absolute atomic E-state index is 13.4. The van der Waals surface area contributed by atoms with Crippen molar-refractivity contribution in [3.8, 4) is 0 Å². The van der Waals surface area contributed by atoms with Crippen LogP contribution in [0.3, 0.4) is 0 Å². The molecule has 0 spiro atoms. The minimum atomic E-state index is -3.55. The first-order chi connectivity index (χ1) is 13.2. The van der Waals surface area contributed by atoms with Gasteiger partial charge >= 0.3 is 0 Å². The third-order valence-electron chi connectivity index (χ3n) is 4.28. The van der Waals surface area contributed by atoms with E-state index in [-0.39, 0.29) is 4.90 Å². The zero-order valence-electron chi connectivity index (χ0n) is 15.8. The minimum Gasteiger partial charge on any atom is -0.327 e. The van der Waals surface area contributed by atoms with Crippen LogP contribution in [0.5, 0.6) is 0 Å². The summed E-state index contributed by atoms with van der Waals surface area (Å²) in [5.41, 5.74) is 1.44. The van der Waals surface area contributed by atoms with E-state index in [4.69, 9.17) is 0 Å². The van der Waals surface area contributed by atoms with Crippen LogP contribution in [-0.4, -0.2) is 36.4 Å². The van der Waals surface area contributed by atoms with E-state index in [1.54, 1.807) is 18.2 Å². The van der Waals surface area contributed by atoms with Gasteiger partial charge in [0.2, 0.25) is 10.0 Å². The van der Waals surface area contributed by atoms with Gasteiger partial charge in [0, 0.05) is 25.5 Å². The number of thioether (sulfide) groups is 1. The predicted molar refractivity (Wildman–Crippen MR) is 107 cm³/mol. The molecular formula is C19H21F2N3O2S2. The number of hydrogen-bond acceptors (Lipinski definition) is 4. The smallest absolute Gasteiger partial charge is 0.242 e. The molecule has 1 aromatic heterocycles. The molecule has 9 heteroatoms. The van der Waals surface area contributed by atoms with E-state index in [2.05, 4.69) is 4.98 Å². The Kier molecular flexibility index (Phi) is 6.07. The van der Waals surface area contributed by atoms with Crippen LogP contribution in [0.1, 0.15) is 19.2 Å². The molecule has 0 amide bonds. The fourth-order valence-corrected chi connectivity index (χ4v) is 4.62. The van der Waals surface area contributed by atoms with Gasteiger partial charge < -0.3 is 4.57 Å². The number of hydrogen-bond donors (Lipinski definition) is 0. The number of sulfonamides is 1. The van der Waals surface area contributed by atoms with Crippen LogP contribution in [0.15, 0.2) is 46.2 Å². The Hall–Kier alpha value is -1.97. The van der Waals surface area contributed by atoms with Crippen LogP contribution in [-0.2, 0) is 22.3 Å². The number of aryl methyl sites for hydroxylation is 1. The Labute approximate surface area is 167 Å². The summed E-state index contributed by atoms with van der Waals surface area (Å²) in [6.07, 6.45) is 0.881. The van der Waals surface area contributed by atoms with Gasteiger partial charge in [0.25, 0.3) is 0 Å². The number of aromatic nitrogens is 2. The van der Waals surface area contributed by atoms with Crippen molar-refractivity contribution in [2.24, 2.45) is 0 Å². The van der Waals surface area contributed by atoms with Crippen LogP contribution in [0.2, 0.25) is 0 Å². The van der Waals surface area contributed by atoms with Crippen molar-refractivity contribution >= 4 is 32.8 Å². The van der Waals surface area contributed by atoms with Crippen LogP contribution in [0, 0.1) is 11.6 Å². The van der Waals surface area contributed by atoms with Gasteiger partial charge in [-0.1, -0.05) is 6.92 Å². The van der Waals surface area contributed by atoms with Crippen LogP contribution < -0.4 is 0 Å². The second kappa shape index (κ2) is 8.18. The maximum Gasteiger partial charge on any atom is 0.242 e. The third-order valence-corrected chi connectivity index (χ3v) is 7.08. The zero-order valence-corrected chi connectivity index (χ0v) is 17.4. The fraction of sp³-hybridized carbons (Fsp3) is 0.316. The summed E-state index contributed by atoms with van der Waals surface area (Å²) in [4.78, 5) is 5.40. The van der Waals surface area contributed by atoms with E-state index >= 15 is 0 Å². The number of benzene rings is 2. The Morgan fingerprint density at radius 2 is 1.86 bits per heavy atom. The van der Waals surface area contributed by atoms with Crippen molar-refractivity contribution in [1.29, 1.82) is 0 Å². The van der Waals surface area contributed by atoms with Gasteiger partial charge in [0.05, 0.1) is 21.7 Å². The van der Waals surface area contributed by atoms with Gasteiger partial charge in [-0.15, -0.1) is 11.8 Å². The lowest BCUT2D eigenvalue weighted by Gasteiger charge is -2.11. The van der Waals surface area contributed by atoms with E-state index in [9.17, 15) is 17.2 Å². The van der Waals surface area contributed by atoms with E-state index in [0.29, 0.717) is 16.2 Å². The first-order valence-corrected chi connectivity index (χ1v) is 11.2. The predicted octanol–water partition coefficient (Wildman–Crippen LogP) is 4.27. The first kappa shape index (κ1) is 20.8. The van der Waals surface area contributed by atoms with E-state index < -0.39 is 21.7 Å². The van der Waals surface area contributed by atoms with Gasteiger partial charge in [0.15, 0.2) is 11.6 Å². The molecule has 0 bridgehead atoms. The molecule has 0 saturated carbocycles. The first-order valence-electron chi connectivity index (χ1n) is 8.73. The van der Waals surface area contributed by atoms with Gasteiger partial charge in [-0.05, 0) is 42.8 Å². The molecule has 0 aliphatic rings. The molecule has 150 valence electrons. The van der Waals surface area contributed by atoms with Crippen molar-refractivity contribution in [3.63, 3.8) is 0 Å². The normalized spacial score (nSPS) is 12.2. The van der Waals surface area contributed by atoms with Crippen molar-refractivity contribution in [3.05, 3.63) is 53.9 Å². The van der Waals surface area contributed by atoms with Gasteiger partial charge in [-0.3, -0.25) is 0 Å². The summed E-state index contributed by atoms with van der Waals surface area (Å²) >= 11 is 1.35. The molecule has 0 atom stereocenters. The number of halogens is 2. The lowest BCUT2D eigenvalue weighted by Crippen LogP contribution is -2.22. The average Bonchev–Trinajstić information content (AvgIpc) is 3.00. The maximum atomic E-state index is 13.4. The standard InChI is InChI=1S/C19H21F2N3O2S2/c1-4-9-24-18-8-6-14(28(25,26)23(2)3)11-17(18)22-19(24)12-27-13-5-7-15(20)16(21)10-13/h5-8,10-11H,4,9,12H2,1-3H3. The van der Waals surface area contributed by atoms with Crippen molar-refractivity contribution in [1.82, 2.24) is 13.9 Å². The highest BCUT2D eigenvalue weighted by molar-refractivity contribution is 7.98. The molecule has 28 heavy (non-hydrogen) atoms. The molecule has 0 fully saturated rings. The summed E-state index contributed by atoms with van der Waals surface area (Å²) in [7, 11) is -0.576. The highest BCUT2D eigenvalue weighted by Crippen LogP contribution is 2.28. The molecule has 0 radical (unpaired) electrons. The summed E-state index contributed by atoms with van der Waals surface area (Å²) < 4.78 is 54.5. The van der Waals surface area contributed by atoms with E-state index in [1.165, 1.54) is 31.9 Å². The second-order valence-corrected chi connectivity index (χ2v) is 9.68. The van der Waals surface area contributed by atoms with Crippen LogP contribution >= 0.6 is 11.8 Å². The lowest BCUT2D eigenvalue weighted by molar-refractivity contribution is 0.506. The summed E-state index contributed by atoms with van der Waals surface area (Å²) in [5, 5.41) is 0. The number of rotatable bonds is 7. The number of imidazole rings is 1.